The molecule has 2 heteroatoms. The molecule has 1 atom stereocenters. The van der Waals surface area contributed by atoms with Gasteiger partial charge in [-0.1, -0.05) is 190 Å². The minimum atomic E-state index is -0.573. The average Bonchev–Trinajstić information content (AvgIpc) is 3.65. The van der Waals surface area contributed by atoms with E-state index in [0.29, 0.717) is 0 Å². The maximum atomic E-state index is 2.53. The second-order valence-electron chi connectivity index (χ2n) is 16.9. The summed E-state index contributed by atoms with van der Waals surface area (Å²) >= 11 is 0. The van der Waals surface area contributed by atoms with Gasteiger partial charge in [0.2, 0.25) is 0 Å². The van der Waals surface area contributed by atoms with Crippen LogP contribution in [-0.2, 0) is 10.8 Å². The number of para-hydroxylation sites is 4. The van der Waals surface area contributed by atoms with Crippen LogP contribution in [0.2, 0.25) is 0 Å². The molecule has 0 amide bonds. The molecule has 2 heterocycles. The van der Waals surface area contributed by atoms with E-state index < -0.39 is 5.41 Å². The highest BCUT2D eigenvalue weighted by molar-refractivity contribution is 6.12. The third kappa shape index (κ3) is 4.76. The van der Waals surface area contributed by atoms with Crippen LogP contribution in [-0.4, -0.2) is 4.57 Å². The molecule has 284 valence electrons. The molecule has 12 rings (SSSR count). The third-order valence-corrected chi connectivity index (χ3v) is 13.4. The molecule has 0 saturated carbocycles. The van der Waals surface area contributed by atoms with Gasteiger partial charge in [0.15, 0.2) is 0 Å². The van der Waals surface area contributed by atoms with Crippen molar-refractivity contribution in [2.24, 2.45) is 0 Å². The molecule has 0 fully saturated rings. The summed E-state index contributed by atoms with van der Waals surface area (Å²) in [6, 6.07) is 80.9. The molecule has 0 bridgehead atoms. The molecule has 2 aliphatic rings. The van der Waals surface area contributed by atoms with Gasteiger partial charge in [-0.2, -0.15) is 0 Å². The highest BCUT2D eigenvalue weighted by atomic mass is 15.1. The van der Waals surface area contributed by atoms with E-state index in [1.54, 1.807) is 0 Å². The zero-order valence-corrected chi connectivity index (χ0v) is 33.7. The second kappa shape index (κ2) is 13.0. The highest BCUT2D eigenvalue weighted by Crippen LogP contribution is 2.62. The Morgan fingerprint density at radius 1 is 0.367 bits per heavy atom. The Balaban J connectivity index is 1.11. The number of anilines is 3. The molecule has 0 N–H and O–H groups in total. The summed E-state index contributed by atoms with van der Waals surface area (Å²) in [6.07, 6.45) is 0. The Kier molecular flexibility index (Phi) is 7.52. The first-order valence-electron chi connectivity index (χ1n) is 21.0. The normalized spacial score (nSPS) is 15.7. The summed E-state index contributed by atoms with van der Waals surface area (Å²) in [5.74, 6) is 0. The number of rotatable bonds is 5. The van der Waals surface area contributed by atoms with E-state index >= 15 is 0 Å². The lowest BCUT2D eigenvalue weighted by Crippen LogP contribution is -2.44. The smallest absolute Gasteiger partial charge is 0.0749 e. The molecule has 10 aromatic rings. The van der Waals surface area contributed by atoms with E-state index in [0.717, 1.165) is 11.4 Å². The molecular formula is C58H42N2. The SMILES string of the molecule is CC1(C)c2ccccc2C2(c3ccccc3-n3c4ccccc4c4cccc2c43)c2cccc(N(c3ccccc3)c3ccc(-c4ccc(-c5ccccc5)cc4)cc3)c21. The fraction of sp³-hybridized carbons (Fsp3) is 0.0690. The van der Waals surface area contributed by atoms with Gasteiger partial charge >= 0.3 is 0 Å². The van der Waals surface area contributed by atoms with Crippen molar-refractivity contribution in [3.05, 3.63) is 252 Å². The van der Waals surface area contributed by atoms with E-state index in [4.69, 9.17) is 0 Å². The van der Waals surface area contributed by atoms with Gasteiger partial charge in [0.1, 0.15) is 0 Å². The summed E-state index contributed by atoms with van der Waals surface area (Å²) < 4.78 is 2.53. The number of hydrogen-bond acceptors (Lipinski definition) is 1. The lowest BCUT2D eigenvalue weighted by Gasteiger charge is -2.51. The van der Waals surface area contributed by atoms with Crippen LogP contribution in [0.5, 0.6) is 0 Å². The Hall–Kier alpha value is -7.42. The molecular weight excluding hydrogens is 725 g/mol. The van der Waals surface area contributed by atoms with E-state index in [2.05, 4.69) is 242 Å². The van der Waals surface area contributed by atoms with Crippen LogP contribution >= 0.6 is 0 Å². The number of aromatic nitrogens is 1. The largest absolute Gasteiger partial charge is 0.310 e. The molecule has 0 radical (unpaired) electrons. The van der Waals surface area contributed by atoms with Crippen LogP contribution in [0.3, 0.4) is 0 Å². The summed E-state index contributed by atoms with van der Waals surface area (Å²) in [7, 11) is 0. The van der Waals surface area contributed by atoms with Gasteiger partial charge in [0.25, 0.3) is 0 Å². The molecule has 1 unspecified atom stereocenters. The Bertz CT molecular complexity index is 3270. The Labute approximate surface area is 351 Å². The quantitative estimate of drug-likeness (QED) is 0.169. The molecule has 9 aromatic carbocycles. The van der Waals surface area contributed by atoms with Crippen molar-refractivity contribution in [3.8, 4) is 27.9 Å². The standard InChI is InChI=1S/C58H42N2/c1-57(2)47-23-10-11-24-48(47)58(49-25-12-14-29-53(49)60-52-28-13-9-21-45(52)46-22-15-27-51(58)56(46)60)50-26-16-30-54(55(50)57)59(43-19-7-4-8-20-43)44-37-35-42(36-38-44)41-33-31-40(32-34-41)39-17-5-3-6-18-39/h3-38H,1-2H3. The zero-order chi connectivity index (χ0) is 40.0. The first kappa shape index (κ1) is 34.6. The van der Waals surface area contributed by atoms with Crippen molar-refractivity contribution in [1.29, 1.82) is 0 Å². The summed E-state index contributed by atoms with van der Waals surface area (Å²) in [4.78, 5) is 2.48. The lowest BCUT2D eigenvalue weighted by atomic mass is 9.53. The molecule has 1 spiro atoms. The fourth-order valence-corrected chi connectivity index (χ4v) is 10.9. The van der Waals surface area contributed by atoms with Gasteiger partial charge in [-0.15, -0.1) is 0 Å². The molecule has 1 aromatic heterocycles. The van der Waals surface area contributed by atoms with Crippen LogP contribution in [0.15, 0.2) is 218 Å². The van der Waals surface area contributed by atoms with Crippen molar-refractivity contribution in [2.45, 2.75) is 24.7 Å². The van der Waals surface area contributed by atoms with Gasteiger partial charge in [-0.05, 0) is 98.1 Å². The fourth-order valence-electron chi connectivity index (χ4n) is 10.9. The van der Waals surface area contributed by atoms with Gasteiger partial charge in [0.05, 0.1) is 27.8 Å². The zero-order valence-electron chi connectivity index (χ0n) is 33.7. The van der Waals surface area contributed by atoms with Crippen molar-refractivity contribution < 1.29 is 0 Å². The third-order valence-electron chi connectivity index (χ3n) is 13.4. The van der Waals surface area contributed by atoms with Crippen molar-refractivity contribution in [1.82, 2.24) is 4.57 Å². The minimum absolute atomic E-state index is 0.339. The molecule has 0 saturated heterocycles. The predicted octanol–water partition coefficient (Wildman–Crippen LogP) is 14.9. The Morgan fingerprint density at radius 3 is 1.60 bits per heavy atom. The molecule has 60 heavy (non-hydrogen) atoms. The van der Waals surface area contributed by atoms with Crippen LogP contribution in [0, 0.1) is 0 Å². The summed E-state index contributed by atoms with van der Waals surface area (Å²) in [5, 5.41) is 2.57. The van der Waals surface area contributed by atoms with E-state index in [-0.39, 0.29) is 5.41 Å². The number of benzene rings is 9. The average molecular weight is 767 g/mol. The van der Waals surface area contributed by atoms with Crippen LogP contribution in [0.4, 0.5) is 17.1 Å². The number of fused-ring (bicyclic) bond motifs is 11. The van der Waals surface area contributed by atoms with Crippen LogP contribution < -0.4 is 4.90 Å². The highest BCUT2D eigenvalue weighted by Gasteiger charge is 2.53. The Morgan fingerprint density at radius 2 is 0.867 bits per heavy atom. The maximum Gasteiger partial charge on any atom is 0.0749 e. The van der Waals surface area contributed by atoms with Gasteiger partial charge in [0, 0.05) is 27.6 Å². The molecule has 1 aliphatic carbocycles. The monoisotopic (exact) mass is 766 g/mol. The predicted molar refractivity (Wildman–Crippen MR) is 250 cm³/mol. The maximum absolute atomic E-state index is 2.53. The summed E-state index contributed by atoms with van der Waals surface area (Å²) in [5.41, 5.74) is 19.1. The number of hydrogen-bond donors (Lipinski definition) is 0. The second-order valence-corrected chi connectivity index (χ2v) is 16.9. The van der Waals surface area contributed by atoms with Gasteiger partial charge in [-0.25, -0.2) is 0 Å². The summed E-state index contributed by atoms with van der Waals surface area (Å²) in [6.45, 7) is 4.86. The van der Waals surface area contributed by atoms with Crippen LogP contribution in [0.25, 0.3) is 49.7 Å². The first-order chi connectivity index (χ1) is 29.5. The van der Waals surface area contributed by atoms with Gasteiger partial charge in [-0.3, -0.25) is 0 Å². The van der Waals surface area contributed by atoms with Crippen molar-refractivity contribution in [2.75, 3.05) is 4.90 Å². The molecule has 1 aliphatic heterocycles. The topological polar surface area (TPSA) is 8.17 Å². The van der Waals surface area contributed by atoms with E-state index in [1.165, 1.54) is 88.8 Å². The van der Waals surface area contributed by atoms with E-state index in [1.807, 2.05) is 0 Å². The van der Waals surface area contributed by atoms with E-state index in [9.17, 15) is 0 Å². The van der Waals surface area contributed by atoms with Crippen LogP contribution in [0.1, 0.15) is 47.2 Å². The minimum Gasteiger partial charge on any atom is -0.310 e. The first-order valence-corrected chi connectivity index (χ1v) is 21.0. The molecule has 2 nitrogen and oxygen atoms in total. The van der Waals surface area contributed by atoms with Crippen molar-refractivity contribution >= 4 is 38.9 Å². The van der Waals surface area contributed by atoms with Crippen molar-refractivity contribution in [3.63, 3.8) is 0 Å². The van der Waals surface area contributed by atoms with Gasteiger partial charge < -0.3 is 9.47 Å². The number of nitrogens with zero attached hydrogens (tertiary/aromatic N) is 2. The lowest BCUT2D eigenvalue weighted by molar-refractivity contribution is 0.557.